The van der Waals surface area contributed by atoms with E-state index < -0.39 is 12.0 Å². The van der Waals surface area contributed by atoms with Gasteiger partial charge >= 0.3 is 5.97 Å². The van der Waals surface area contributed by atoms with Crippen molar-refractivity contribution >= 4 is 16.9 Å². The van der Waals surface area contributed by atoms with Gasteiger partial charge in [0.05, 0.1) is 0 Å². The number of rotatable bonds is 5. The lowest BCUT2D eigenvalue weighted by molar-refractivity contribution is -0.135. The molecular formula is C15H21N3O2. The van der Waals surface area contributed by atoms with Crippen molar-refractivity contribution in [1.82, 2.24) is 9.88 Å². The molecule has 0 aliphatic carbocycles. The van der Waals surface area contributed by atoms with Gasteiger partial charge in [0, 0.05) is 23.6 Å². The first-order valence-corrected chi connectivity index (χ1v) is 6.70. The van der Waals surface area contributed by atoms with E-state index in [2.05, 4.69) is 9.88 Å². The second-order valence-corrected chi connectivity index (χ2v) is 5.26. The molecule has 1 atom stereocenters. The number of carbonyl (C=O) groups excluding carboxylic acids is 1. The van der Waals surface area contributed by atoms with Crippen LogP contribution in [0.15, 0.2) is 24.4 Å². The number of hydrogen-bond acceptors (Lipinski definition) is 4. The summed E-state index contributed by atoms with van der Waals surface area (Å²) < 4.78 is 5.40. The van der Waals surface area contributed by atoms with Crippen LogP contribution < -0.4 is 10.5 Å². The lowest BCUT2D eigenvalue weighted by atomic mass is 10.1. The molecule has 2 aromatic rings. The van der Waals surface area contributed by atoms with Crippen LogP contribution in [-0.2, 0) is 11.2 Å². The van der Waals surface area contributed by atoms with Crippen LogP contribution in [0.25, 0.3) is 10.9 Å². The van der Waals surface area contributed by atoms with Gasteiger partial charge in [-0.15, -0.1) is 0 Å². The molecule has 0 radical (unpaired) electrons. The summed E-state index contributed by atoms with van der Waals surface area (Å²) in [6.45, 7) is 2.55. The Kier molecular flexibility index (Phi) is 4.42. The third kappa shape index (κ3) is 3.18. The van der Waals surface area contributed by atoms with E-state index >= 15 is 0 Å². The Bertz CT molecular complexity index is 602. The van der Waals surface area contributed by atoms with Crippen molar-refractivity contribution in [3.05, 3.63) is 30.0 Å². The zero-order valence-electron chi connectivity index (χ0n) is 12.1. The molecule has 0 spiro atoms. The predicted octanol–water partition coefficient (Wildman–Crippen LogP) is 1.52. The second kappa shape index (κ2) is 6.07. The Labute approximate surface area is 118 Å². The van der Waals surface area contributed by atoms with E-state index in [1.165, 1.54) is 0 Å². The van der Waals surface area contributed by atoms with Crippen LogP contribution in [-0.4, -0.2) is 42.5 Å². The van der Waals surface area contributed by atoms with E-state index in [0.29, 0.717) is 5.75 Å². The van der Waals surface area contributed by atoms with Gasteiger partial charge in [0.2, 0.25) is 0 Å². The van der Waals surface area contributed by atoms with Gasteiger partial charge in [-0.1, -0.05) is 6.07 Å². The number of aromatic amines is 1. The summed E-state index contributed by atoms with van der Waals surface area (Å²) in [5.74, 6) is 0.150. The molecule has 0 unspecified atom stereocenters. The van der Waals surface area contributed by atoms with E-state index in [9.17, 15) is 4.79 Å². The number of hydrogen-bond donors (Lipinski definition) is 2. The summed E-state index contributed by atoms with van der Waals surface area (Å²) in [4.78, 5) is 17.0. The normalized spacial score (nSPS) is 12.8. The number of nitrogens with two attached hydrogens (primary N) is 1. The standard InChI is InChI=1S/C15H21N3O2/c1-10(16)15(19)20-13-6-4-5-12-14(13)11(9-17-12)7-8-18(2)3/h4-6,9-10,17H,7-8,16H2,1-3H3/t10-/m0/s1. The van der Waals surface area contributed by atoms with Crippen LogP contribution in [0.4, 0.5) is 0 Å². The molecular weight excluding hydrogens is 254 g/mol. The maximum atomic E-state index is 11.7. The smallest absolute Gasteiger partial charge is 0.328 e. The molecule has 1 heterocycles. The maximum absolute atomic E-state index is 11.7. The number of likely N-dealkylation sites (N-methyl/N-ethyl adjacent to an activating group) is 1. The number of carbonyl (C=O) groups is 1. The minimum Gasteiger partial charge on any atom is -0.425 e. The molecule has 1 aromatic carbocycles. The Hall–Kier alpha value is -1.85. The Morgan fingerprint density at radius 2 is 2.20 bits per heavy atom. The number of aromatic nitrogens is 1. The number of benzene rings is 1. The lowest BCUT2D eigenvalue weighted by Crippen LogP contribution is -2.30. The molecule has 5 nitrogen and oxygen atoms in total. The third-order valence-corrected chi connectivity index (χ3v) is 3.16. The molecule has 5 heteroatoms. The summed E-state index contributed by atoms with van der Waals surface area (Å²) in [7, 11) is 4.07. The highest BCUT2D eigenvalue weighted by atomic mass is 16.5. The predicted molar refractivity (Wildman–Crippen MR) is 79.8 cm³/mol. The van der Waals surface area contributed by atoms with Gasteiger partial charge in [-0.2, -0.15) is 0 Å². The van der Waals surface area contributed by atoms with E-state index in [1.54, 1.807) is 13.0 Å². The van der Waals surface area contributed by atoms with Gasteiger partial charge in [-0.25, -0.2) is 4.79 Å². The highest BCUT2D eigenvalue weighted by Gasteiger charge is 2.15. The number of H-pyrrole nitrogens is 1. The first kappa shape index (κ1) is 14.6. The Morgan fingerprint density at radius 1 is 1.45 bits per heavy atom. The first-order valence-electron chi connectivity index (χ1n) is 6.70. The van der Waals surface area contributed by atoms with Crippen molar-refractivity contribution in [2.24, 2.45) is 5.73 Å². The minimum atomic E-state index is -0.630. The van der Waals surface area contributed by atoms with E-state index in [-0.39, 0.29) is 0 Å². The van der Waals surface area contributed by atoms with Crippen LogP contribution in [0.1, 0.15) is 12.5 Å². The Balaban J connectivity index is 2.33. The molecule has 20 heavy (non-hydrogen) atoms. The topological polar surface area (TPSA) is 71.4 Å². The van der Waals surface area contributed by atoms with Crippen molar-refractivity contribution in [2.75, 3.05) is 20.6 Å². The summed E-state index contributed by atoms with van der Waals surface area (Å²) in [6, 6.07) is 5.00. The summed E-state index contributed by atoms with van der Waals surface area (Å²) in [6.07, 6.45) is 2.86. The van der Waals surface area contributed by atoms with Gasteiger partial charge < -0.3 is 20.4 Å². The zero-order chi connectivity index (χ0) is 14.7. The molecule has 0 amide bonds. The molecule has 108 valence electrons. The van der Waals surface area contributed by atoms with Crippen LogP contribution >= 0.6 is 0 Å². The summed E-state index contributed by atoms with van der Waals surface area (Å²) >= 11 is 0. The molecule has 0 aliphatic rings. The molecule has 0 saturated carbocycles. The van der Waals surface area contributed by atoms with Crippen molar-refractivity contribution in [1.29, 1.82) is 0 Å². The second-order valence-electron chi connectivity index (χ2n) is 5.26. The van der Waals surface area contributed by atoms with E-state index in [4.69, 9.17) is 10.5 Å². The Morgan fingerprint density at radius 3 is 2.85 bits per heavy atom. The number of nitrogens with one attached hydrogen (secondary N) is 1. The van der Waals surface area contributed by atoms with Crippen molar-refractivity contribution < 1.29 is 9.53 Å². The SMILES string of the molecule is C[C@H](N)C(=O)Oc1cccc2[nH]cc(CCN(C)C)c12. The van der Waals surface area contributed by atoms with Gasteiger partial charge in [-0.3, -0.25) is 0 Å². The first-order chi connectivity index (χ1) is 9.49. The van der Waals surface area contributed by atoms with Gasteiger partial charge in [0.25, 0.3) is 0 Å². The average Bonchev–Trinajstić information content (AvgIpc) is 2.80. The minimum absolute atomic E-state index is 0.419. The largest absolute Gasteiger partial charge is 0.425 e. The molecule has 0 bridgehead atoms. The number of esters is 1. The van der Waals surface area contributed by atoms with E-state index in [1.807, 2.05) is 32.4 Å². The zero-order valence-corrected chi connectivity index (χ0v) is 12.1. The quantitative estimate of drug-likeness (QED) is 0.641. The van der Waals surface area contributed by atoms with Gasteiger partial charge in [0.1, 0.15) is 11.8 Å². The molecule has 1 aromatic heterocycles. The number of ether oxygens (including phenoxy) is 1. The van der Waals surface area contributed by atoms with E-state index in [0.717, 1.165) is 29.4 Å². The van der Waals surface area contributed by atoms with Crippen LogP contribution in [0.5, 0.6) is 5.75 Å². The fraction of sp³-hybridized carbons (Fsp3) is 0.400. The molecule has 0 saturated heterocycles. The third-order valence-electron chi connectivity index (χ3n) is 3.16. The van der Waals surface area contributed by atoms with Crippen LogP contribution in [0.3, 0.4) is 0 Å². The average molecular weight is 275 g/mol. The maximum Gasteiger partial charge on any atom is 0.328 e. The lowest BCUT2D eigenvalue weighted by Gasteiger charge is -2.11. The van der Waals surface area contributed by atoms with Gasteiger partial charge in [-0.05, 0) is 45.1 Å². The molecule has 0 fully saturated rings. The highest BCUT2D eigenvalue weighted by molar-refractivity contribution is 5.92. The molecule has 0 aliphatic heterocycles. The van der Waals surface area contributed by atoms with Crippen molar-refractivity contribution in [3.63, 3.8) is 0 Å². The summed E-state index contributed by atoms with van der Waals surface area (Å²) in [5.41, 5.74) is 7.66. The molecule has 3 N–H and O–H groups in total. The van der Waals surface area contributed by atoms with Crippen molar-refractivity contribution in [3.8, 4) is 5.75 Å². The highest BCUT2D eigenvalue weighted by Crippen LogP contribution is 2.29. The fourth-order valence-electron chi connectivity index (χ4n) is 2.05. The van der Waals surface area contributed by atoms with Crippen LogP contribution in [0.2, 0.25) is 0 Å². The number of fused-ring (bicyclic) bond motifs is 1. The van der Waals surface area contributed by atoms with Gasteiger partial charge in [0.15, 0.2) is 0 Å². The fourth-order valence-corrected chi connectivity index (χ4v) is 2.05. The molecule has 2 rings (SSSR count). The van der Waals surface area contributed by atoms with Crippen molar-refractivity contribution in [2.45, 2.75) is 19.4 Å². The number of nitrogens with zero attached hydrogens (tertiary/aromatic N) is 1. The monoisotopic (exact) mass is 275 g/mol. The summed E-state index contributed by atoms with van der Waals surface area (Å²) in [5, 5.41) is 0.961. The van der Waals surface area contributed by atoms with Crippen LogP contribution in [0, 0.1) is 0 Å².